The quantitative estimate of drug-likeness (QED) is 0.756. The van der Waals surface area contributed by atoms with Crippen molar-refractivity contribution in [3.8, 4) is 0 Å². The first-order valence-corrected chi connectivity index (χ1v) is 6.15. The van der Waals surface area contributed by atoms with Crippen LogP contribution in [0.15, 0.2) is 0 Å². The molecule has 0 spiro atoms. The summed E-state index contributed by atoms with van der Waals surface area (Å²) in [7, 11) is 0. The van der Waals surface area contributed by atoms with Crippen LogP contribution >= 0.6 is 11.8 Å². The van der Waals surface area contributed by atoms with Crippen LogP contribution in [0.5, 0.6) is 0 Å². The summed E-state index contributed by atoms with van der Waals surface area (Å²) in [5.74, 6) is -0.241. The summed E-state index contributed by atoms with van der Waals surface area (Å²) in [4.78, 5) is 10.6. The van der Waals surface area contributed by atoms with Crippen LogP contribution in [-0.2, 0) is 4.79 Å². The van der Waals surface area contributed by atoms with Gasteiger partial charge in [0.2, 0.25) is 0 Å². The SMILES string of the molecule is CC(SCC1(O)CCCCC1)C(=O)O. The molecule has 0 bridgehead atoms. The third-order valence-electron chi connectivity index (χ3n) is 2.73. The number of aliphatic hydroxyl groups is 1. The Bertz CT molecular complexity index is 200. The topological polar surface area (TPSA) is 57.5 Å². The van der Waals surface area contributed by atoms with E-state index in [9.17, 15) is 9.90 Å². The van der Waals surface area contributed by atoms with E-state index >= 15 is 0 Å². The summed E-state index contributed by atoms with van der Waals surface area (Å²) in [5, 5.41) is 18.4. The molecule has 1 atom stereocenters. The van der Waals surface area contributed by atoms with Crippen LogP contribution < -0.4 is 0 Å². The largest absolute Gasteiger partial charge is 0.480 e. The van der Waals surface area contributed by atoms with Crippen molar-refractivity contribution in [1.82, 2.24) is 0 Å². The van der Waals surface area contributed by atoms with Gasteiger partial charge in [0.15, 0.2) is 0 Å². The highest BCUT2D eigenvalue weighted by atomic mass is 32.2. The highest BCUT2D eigenvalue weighted by molar-refractivity contribution is 8.00. The lowest BCUT2D eigenvalue weighted by Crippen LogP contribution is -2.35. The number of aliphatic carboxylic acids is 1. The molecule has 0 saturated heterocycles. The molecular formula is C10H18O3S. The lowest BCUT2D eigenvalue weighted by molar-refractivity contribution is -0.136. The molecule has 0 aromatic carbocycles. The monoisotopic (exact) mass is 218 g/mol. The van der Waals surface area contributed by atoms with Crippen LogP contribution in [-0.4, -0.2) is 32.8 Å². The fraction of sp³-hybridized carbons (Fsp3) is 0.900. The van der Waals surface area contributed by atoms with Gasteiger partial charge in [0.05, 0.1) is 10.9 Å². The van der Waals surface area contributed by atoms with Gasteiger partial charge in [0, 0.05) is 5.75 Å². The standard InChI is InChI=1S/C10H18O3S/c1-8(9(11)12)14-7-10(13)5-3-2-4-6-10/h8,13H,2-7H2,1H3,(H,11,12). The maximum atomic E-state index is 10.6. The van der Waals surface area contributed by atoms with E-state index in [0.29, 0.717) is 5.75 Å². The summed E-state index contributed by atoms with van der Waals surface area (Å²) in [6.07, 6.45) is 4.98. The van der Waals surface area contributed by atoms with Crippen molar-refractivity contribution in [3.05, 3.63) is 0 Å². The Morgan fingerprint density at radius 2 is 2.00 bits per heavy atom. The summed E-state index contributed by atoms with van der Waals surface area (Å²) in [6.45, 7) is 1.67. The Labute approximate surface area is 88.9 Å². The minimum Gasteiger partial charge on any atom is -0.480 e. The minimum atomic E-state index is -0.797. The molecule has 0 aromatic rings. The normalized spacial score (nSPS) is 23.0. The molecule has 0 heterocycles. The molecular weight excluding hydrogens is 200 g/mol. The molecule has 1 aliphatic carbocycles. The number of carboxylic acid groups (broad SMARTS) is 1. The molecule has 1 fully saturated rings. The van der Waals surface area contributed by atoms with Crippen LogP contribution in [0.25, 0.3) is 0 Å². The van der Waals surface area contributed by atoms with Gasteiger partial charge < -0.3 is 10.2 Å². The van der Waals surface area contributed by atoms with Gasteiger partial charge in [-0.05, 0) is 19.8 Å². The van der Waals surface area contributed by atoms with Gasteiger partial charge >= 0.3 is 5.97 Å². The van der Waals surface area contributed by atoms with Gasteiger partial charge in [-0.15, -0.1) is 11.8 Å². The van der Waals surface area contributed by atoms with Gasteiger partial charge in [-0.3, -0.25) is 4.79 Å². The Morgan fingerprint density at radius 3 is 2.50 bits per heavy atom. The summed E-state index contributed by atoms with van der Waals surface area (Å²) < 4.78 is 0. The first kappa shape index (κ1) is 11.9. The van der Waals surface area contributed by atoms with Crippen molar-refractivity contribution in [2.24, 2.45) is 0 Å². The predicted molar refractivity (Wildman–Crippen MR) is 57.6 cm³/mol. The van der Waals surface area contributed by atoms with E-state index < -0.39 is 16.8 Å². The second-order valence-corrected chi connectivity index (χ2v) is 5.41. The molecule has 1 unspecified atom stereocenters. The molecule has 0 aliphatic heterocycles. The smallest absolute Gasteiger partial charge is 0.316 e. The first-order chi connectivity index (χ1) is 6.53. The van der Waals surface area contributed by atoms with E-state index in [2.05, 4.69) is 0 Å². The van der Waals surface area contributed by atoms with Crippen LogP contribution in [0.1, 0.15) is 39.0 Å². The molecule has 1 rings (SSSR count). The average molecular weight is 218 g/mol. The van der Waals surface area contributed by atoms with E-state index in [4.69, 9.17) is 5.11 Å². The molecule has 82 valence electrons. The number of hydrogen-bond acceptors (Lipinski definition) is 3. The molecule has 14 heavy (non-hydrogen) atoms. The Morgan fingerprint density at radius 1 is 1.43 bits per heavy atom. The maximum absolute atomic E-state index is 10.6. The van der Waals surface area contributed by atoms with E-state index in [0.717, 1.165) is 25.7 Å². The molecule has 0 aromatic heterocycles. The fourth-order valence-corrected chi connectivity index (χ4v) is 2.70. The highest BCUT2D eigenvalue weighted by Gasteiger charge is 2.30. The third-order valence-corrected chi connectivity index (χ3v) is 4.14. The number of thioether (sulfide) groups is 1. The van der Waals surface area contributed by atoms with E-state index in [1.807, 2.05) is 0 Å². The second kappa shape index (κ2) is 5.03. The van der Waals surface area contributed by atoms with Crippen LogP contribution in [0.2, 0.25) is 0 Å². The zero-order valence-electron chi connectivity index (χ0n) is 8.53. The average Bonchev–Trinajstić information content (AvgIpc) is 2.15. The fourth-order valence-electron chi connectivity index (χ4n) is 1.71. The first-order valence-electron chi connectivity index (χ1n) is 5.10. The molecule has 1 saturated carbocycles. The maximum Gasteiger partial charge on any atom is 0.316 e. The minimum absolute atomic E-state index is 0.416. The van der Waals surface area contributed by atoms with Crippen molar-refractivity contribution < 1.29 is 15.0 Å². The zero-order valence-corrected chi connectivity index (χ0v) is 9.35. The number of carbonyl (C=O) groups is 1. The van der Waals surface area contributed by atoms with Gasteiger partial charge in [0.1, 0.15) is 0 Å². The van der Waals surface area contributed by atoms with Gasteiger partial charge in [-0.1, -0.05) is 19.3 Å². The van der Waals surface area contributed by atoms with E-state index in [1.54, 1.807) is 6.92 Å². The second-order valence-electron chi connectivity index (χ2n) is 4.08. The summed E-state index contributed by atoms with van der Waals surface area (Å²) in [6, 6.07) is 0. The zero-order chi connectivity index (χ0) is 10.6. The molecule has 4 heteroatoms. The van der Waals surface area contributed by atoms with Gasteiger partial charge in [-0.25, -0.2) is 0 Å². The molecule has 2 N–H and O–H groups in total. The summed E-state index contributed by atoms with van der Waals surface area (Å²) >= 11 is 1.34. The third kappa shape index (κ3) is 3.50. The number of carboxylic acids is 1. The number of hydrogen-bond donors (Lipinski definition) is 2. The van der Waals surface area contributed by atoms with Crippen LogP contribution in [0.4, 0.5) is 0 Å². The summed E-state index contributed by atoms with van der Waals surface area (Å²) in [5.41, 5.74) is -0.605. The predicted octanol–water partition coefficient (Wildman–Crippen LogP) is 1.89. The van der Waals surface area contributed by atoms with Crippen LogP contribution in [0, 0.1) is 0 Å². The lowest BCUT2D eigenvalue weighted by atomic mass is 9.86. The van der Waals surface area contributed by atoms with Crippen molar-refractivity contribution in [2.45, 2.75) is 49.9 Å². The van der Waals surface area contributed by atoms with Crippen molar-refractivity contribution in [2.75, 3.05) is 5.75 Å². The number of rotatable bonds is 4. The van der Waals surface area contributed by atoms with Crippen LogP contribution in [0.3, 0.4) is 0 Å². The Kier molecular flexibility index (Phi) is 4.26. The Hall–Kier alpha value is -0.220. The highest BCUT2D eigenvalue weighted by Crippen LogP contribution is 2.32. The molecule has 0 radical (unpaired) electrons. The van der Waals surface area contributed by atoms with E-state index in [1.165, 1.54) is 18.2 Å². The van der Waals surface area contributed by atoms with Gasteiger partial charge in [0.25, 0.3) is 0 Å². The lowest BCUT2D eigenvalue weighted by Gasteiger charge is -2.32. The van der Waals surface area contributed by atoms with Crippen molar-refractivity contribution >= 4 is 17.7 Å². The van der Waals surface area contributed by atoms with Gasteiger partial charge in [-0.2, -0.15) is 0 Å². The van der Waals surface area contributed by atoms with Crippen molar-refractivity contribution in [3.63, 3.8) is 0 Å². The Balaban J connectivity index is 2.31. The molecule has 1 aliphatic rings. The van der Waals surface area contributed by atoms with E-state index in [-0.39, 0.29) is 0 Å². The molecule has 3 nitrogen and oxygen atoms in total. The van der Waals surface area contributed by atoms with Crippen molar-refractivity contribution in [1.29, 1.82) is 0 Å². The molecule has 0 amide bonds.